The number of rotatable bonds is 5. The predicted octanol–water partition coefficient (Wildman–Crippen LogP) is 1.35. The fourth-order valence-corrected chi connectivity index (χ4v) is 2.48. The molecule has 1 aliphatic heterocycles. The van der Waals surface area contributed by atoms with Gasteiger partial charge in [0.2, 0.25) is 5.91 Å². The SMILES string of the molecule is CN(C(=O)CCN1CCC(CO)C1)c1ccccc1. The molecule has 1 amide bonds. The van der Waals surface area contributed by atoms with Gasteiger partial charge in [-0.05, 0) is 31.0 Å². The normalized spacial score (nSPS) is 19.6. The lowest BCUT2D eigenvalue weighted by Crippen LogP contribution is -2.31. The number of anilines is 1. The Bertz CT molecular complexity index is 408. The third kappa shape index (κ3) is 3.78. The summed E-state index contributed by atoms with van der Waals surface area (Å²) in [4.78, 5) is 16.1. The zero-order valence-electron chi connectivity index (χ0n) is 11.5. The highest BCUT2D eigenvalue weighted by molar-refractivity contribution is 5.92. The van der Waals surface area contributed by atoms with Crippen LogP contribution in [0.2, 0.25) is 0 Å². The molecule has 1 fully saturated rings. The van der Waals surface area contributed by atoms with Gasteiger partial charge in [0.25, 0.3) is 0 Å². The molecule has 2 rings (SSSR count). The number of nitrogens with zero attached hydrogens (tertiary/aromatic N) is 2. The van der Waals surface area contributed by atoms with Gasteiger partial charge < -0.3 is 14.9 Å². The van der Waals surface area contributed by atoms with Gasteiger partial charge in [0.05, 0.1) is 0 Å². The summed E-state index contributed by atoms with van der Waals surface area (Å²) in [5.74, 6) is 0.528. The standard InChI is InChI=1S/C15H22N2O2/c1-16(14-5-3-2-4-6-14)15(19)8-10-17-9-7-13(11-17)12-18/h2-6,13,18H,7-12H2,1H3. The molecule has 0 radical (unpaired) electrons. The second-order valence-corrected chi connectivity index (χ2v) is 5.18. The molecule has 0 bridgehead atoms. The van der Waals surface area contributed by atoms with E-state index in [2.05, 4.69) is 4.90 Å². The zero-order chi connectivity index (χ0) is 13.7. The first-order valence-corrected chi connectivity index (χ1v) is 6.85. The molecule has 104 valence electrons. The van der Waals surface area contributed by atoms with Crippen LogP contribution in [-0.2, 0) is 4.79 Å². The van der Waals surface area contributed by atoms with Crippen molar-refractivity contribution in [2.24, 2.45) is 5.92 Å². The molecule has 1 N–H and O–H groups in total. The molecule has 4 nitrogen and oxygen atoms in total. The number of para-hydroxylation sites is 1. The predicted molar refractivity (Wildman–Crippen MR) is 76.1 cm³/mol. The molecule has 19 heavy (non-hydrogen) atoms. The lowest BCUT2D eigenvalue weighted by molar-refractivity contribution is -0.118. The lowest BCUT2D eigenvalue weighted by Gasteiger charge is -2.20. The Kier molecular flexibility index (Phi) is 4.93. The molecule has 1 saturated heterocycles. The number of hydrogen-bond donors (Lipinski definition) is 1. The van der Waals surface area contributed by atoms with Gasteiger partial charge in [-0.3, -0.25) is 4.79 Å². The molecule has 1 aromatic carbocycles. The van der Waals surface area contributed by atoms with Crippen molar-refractivity contribution >= 4 is 11.6 Å². The van der Waals surface area contributed by atoms with E-state index in [0.717, 1.165) is 31.7 Å². The monoisotopic (exact) mass is 262 g/mol. The van der Waals surface area contributed by atoms with Crippen molar-refractivity contribution in [1.29, 1.82) is 0 Å². The van der Waals surface area contributed by atoms with Crippen LogP contribution in [-0.4, -0.2) is 49.2 Å². The van der Waals surface area contributed by atoms with Crippen molar-refractivity contribution in [3.63, 3.8) is 0 Å². The first-order chi connectivity index (χ1) is 9.20. The maximum absolute atomic E-state index is 12.1. The summed E-state index contributed by atoms with van der Waals surface area (Å²) in [6, 6.07) is 9.70. The van der Waals surface area contributed by atoms with Gasteiger partial charge in [-0.15, -0.1) is 0 Å². The van der Waals surface area contributed by atoms with E-state index in [9.17, 15) is 4.79 Å². The van der Waals surface area contributed by atoms with E-state index in [0.29, 0.717) is 12.3 Å². The van der Waals surface area contributed by atoms with E-state index >= 15 is 0 Å². The number of amides is 1. The van der Waals surface area contributed by atoms with Gasteiger partial charge in [-0.25, -0.2) is 0 Å². The highest BCUT2D eigenvalue weighted by Gasteiger charge is 2.22. The Morgan fingerprint density at radius 2 is 2.16 bits per heavy atom. The van der Waals surface area contributed by atoms with Crippen molar-refractivity contribution in [1.82, 2.24) is 4.90 Å². The molecule has 1 heterocycles. The Morgan fingerprint density at radius 1 is 1.42 bits per heavy atom. The van der Waals surface area contributed by atoms with Gasteiger partial charge >= 0.3 is 0 Å². The van der Waals surface area contributed by atoms with Crippen molar-refractivity contribution < 1.29 is 9.90 Å². The van der Waals surface area contributed by atoms with Crippen LogP contribution in [0.3, 0.4) is 0 Å². The number of carbonyl (C=O) groups is 1. The molecule has 1 unspecified atom stereocenters. The number of benzene rings is 1. The number of hydrogen-bond acceptors (Lipinski definition) is 3. The molecule has 1 aliphatic rings. The number of aliphatic hydroxyl groups is 1. The van der Waals surface area contributed by atoms with Gasteiger partial charge in [-0.1, -0.05) is 18.2 Å². The summed E-state index contributed by atoms with van der Waals surface area (Å²) in [5, 5.41) is 9.10. The first-order valence-electron chi connectivity index (χ1n) is 6.85. The molecular weight excluding hydrogens is 240 g/mol. The Balaban J connectivity index is 1.79. The van der Waals surface area contributed by atoms with E-state index in [1.165, 1.54) is 0 Å². The van der Waals surface area contributed by atoms with Crippen LogP contribution < -0.4 is 4.90 Å². The fourth-order valence-electron chi connectivity index (χ4n) is 2.48. The summed E-state index contributed by atoms with van der Waals surface area (Å²) in [7, 11) is 1.82. The van der Waals surface area contributed by atoms with Gasteiger partial charge in [0.15, 0.2) is 0 Å². The van der Waals surface area contributed by atoms with E-state index in [4.69, 9.17) is 5.11 Å². The van der Waals surface area contributed by atoms with Crippen molar-refractivity contribution in [3.8, 4) is 0 Å². The van der Waals surface area contributed by atoms with Crippen molar-refractivity contribution in [2.45, 2.75) is 12.8 Å². The van der Waals surface area contributed by atoms with Crippen LogP contribution in [0.25, 0.3) is 0 Å². The van der Waals surface area contributed by atoms with Gasteiger partial charge in [0.1, 0.15) is 0 Å². The largest absolute Gasteiger partial charge is 0.396 e. The molecule has 1 aromatic rings. The van der Waals surface area contributed by atoms with Gasteiger partial charge in [-0.2, -0.15) is 0 Å². The second-order valence-electron chi connectivity index (χ2n) is 5.18. The van der Waals surface area contributed by atoms with Crippen molar-refractivity contribution in [3.05, 3.63) is 30.3 Å². The topological polar surface area (TPSA) is 43.8 Å². The Labute approximate surface area is 114 Å². The van der Waals surface area contributed by atoms with Crippen LogP contribution in [0, 0.1) is 5.92 Å². The van der Waals surface area contributed by atoms with Crippen LogP contribution in [0.15, 0.2) is 30.3 Å². The van der Waals surface area contributed by atoms with Crippen LogP contribution in [0.1, 0.15) is 12.8 Å². The second kappa shape index (κ2) is 6.68. The molecule has 4 heteroatoms. The van der Waals surface area contributed by atoms with Crippen LogP contribution >= 0.6 is 0 Å². The molecule has 0 saturated carbocycles. The minimum atomic E-state index is 0.138. The number of likely N-dealkylation sites (tertiary alicyclic amines) is 1. The maximum atomic E-state index is 12.1. The molecule has 0 aliphatic carbocycles. The Hall–Kier alpha value is -1.39. The van der Waals surface area contributed by atoms with E-state index in [1.54, 1.807) is 4.90 Å². The lowest BCUT2D eigenvalue weighted by atomic mass is 10.1. The molecular formula is C15H22N2O2. The smallest absolute Gasteiger partial charge is 0.228 e. The fraction of sp³-hybridized carbons (Fsp3) is 0.533. The summed E-state index contributed by atoms with van der Waals surface area (Å²) < 4.78 is 0. The summed E-state index contributed by atoms with van der Waals surface area (Å²) in [5.41, 5.74) is 0.933. The highest BCUT2D eigenvalue weighted by atomic mass is 16.3. The average molecular weight is 262 g/mol. The minimum Gasteiger partial charge on any atom is -0.396 e. The molecule has 0 spiro atoms. The third-order valence-electron chi connectivity index (χ3n) is 3.79. The number of carbonyl (C=O) groups excluding carboxylic acids is 1. The summed E-state index contributed by atoms with van der Waals surface area (Å²) in [6.45, 7) is 2.95. The quantitative estimate of drug-likeness (QED) is 0.871. The molecule has 1 atom stereocenters. The summed E-state index contributed by atoms with van der Waals surface area (Å²) >= 11 is 0. The van der Waals surface area contributed by atoms with Crippen LogP contribution in [0.4, 0.5) is 5.69 Å². The zero-order valence-corrected chi connectivity index (χ0v) is 11.5. The third-order valence-corrected chi connectivity index (χ3v) is 3.79. The van der Waals surface area contributed by atoms with Gasteiger partial charge in [0, 0.05) is 38.9 Å². The van der Waals surface area contributed by atoms with E-state index in [1.807, 2.05) is 37.4 Å². The average Bonchev–Trinajstić information content (AvgIpc) is 2.93. The Morgan fingerprint density at radius 3 is 2.79 bits per heavy atom. The number of aliphatic hydroxyl groups excluding tert-OH is 1. The highest BCUT2D eigenvalue weighted by Crippen LogP contribution is 2.16. The van der Waals surface area contributed by atoms with Crippen molar-refractivity contribution in [2.75, 3.05) is 38.2 Å². The van der Waals surface area contributed by atoms with E-state index < -0.39 is 0 Å². The van der Waals surface area contributed by atoms with Crippen LogP contribution in [0.5, 0.6) is 0 Å². The molecule has 0 aromatic heterocycles. The summed E-state index contributed by atoms with van der Waals surface area (Å²) in [6.07, 6.45) is 1.57. The first kappa shape index (κ1) is 14.0. The minimum absolute atomic E-state index is 0.138. The van der Waals surface area contributed by atoms with E-state index in [-0.39, 0.29) is 12.5 Å². The maximum Gasteiger partial charge on any atom is 0.228 e.